The molecule has 1 atom stereocenters. The first kappa shape index (κ1) is 16.5. The van der Waals surface area contributed by atoms with Crippen LogP contribution in [0.25, 0.3) is 0 Å². The van der Waals surface area contributed by atoms with Crippen LogP contribution in [-0.4, -0.2) is 48.3 Å². The zero-order chi connectivity index (χ0) is 17.1. The van der Waals surface area contributed by atoms with Gasteiger partial charge in [-0.1, -0.05) is 12.1 Å². The van der Waals surface area contributed by atoms with Crippen molar-refractivity contribution in [3.63, 3.8) is 0 Å². The minimum Gasteiger partial charge on any atom is -0.370 e. The number of rotatable bonds is 3. The van der Waals surface area contributed by atoms with E-state index in [1.807, 2.05) is 24.4 Å². The molecule has 1 aromatic heterocycles. The van der Waals surface area contributed by atoms with Gasteiger partial charge in [0, 0.05) is 44.6 Å². The van der Waals surface area contributed by atoms with Gasteiger partial charge in [0.15, 0.2) is 0 Å². The lowest BCUT2D eigenvalue weighted by Crippen LogP contribution is -2.59. The number of hydrogen-bond donors (Lipinski definition) is 0. The van der Waals surface area contributed by atoms with E-state index < -0.39 is 0 Å². The molecule has 2 aliphatic heterocycles. The fourth-order valence-electron chi connectivity index (χ4n) is 4.02. The topological polar surface area (TPSA) is 28.6 Å². The third-order valence-corrected chi connectivity index (χ3v) is 5.15. The number of halogens is 1. The number of piperidine rings is 1. The lowest BCUT2D eigenvalue weighted by molar-refractivity contribution is -0.116. The Morgan fingerprint density at radius 3 is 2.92 bits per heavy atom. The van der Waals surface area contributed by atoms with Crippen molar-refractivity contribution in [2.75, 3.05) is 37.7 Å². The molecule has 25 heavy (non-hydrogen) atoms. The van der Waals surface area contributed by atoms with E-state index in [4.69, 9.17) is 4.74 Å². The second-order valence-electron chi connectivity index (χ2n) is 7.07. The van der Waals surface area contributed by atoms with Crippen molar-refractivity contribution in [1.82, 2.24) is 9.88 Å². The lowest BCUT2D eigenvalue weighted by Gasteiger charge is -2.48. The Hall–Kier alpha value is -1.98. The summed E-state index contributed by atoms with van der Waals surface area (Å²) in [7, 11) is 0. The van der Waals surface area contributed by atoms with Gasteiger partial charge in [0.1, 0.15) is 5.82 Å². The normalized spacial score (nSPS) is 24.6. The van der Waals surface area contributed by atoms with Gasteiger partial charge in [-0.05, 0) is 43.2 Å². The third kappa shape index (κ3) is 3.83. The Labute approximate surface area is 148 Å². The summed E-state index contributed by atoms with van der Waals surface area (Å²) in [4.78, 5) is 9.14. The minimum atomic E-state index is -0.182. The van der Waals surface area contributed by atoms with Crippen molar-refractivity contribution in [2.45, 2.75) is 25.0 Å². The molecule has 0 bridgehead atoms. The Morgan fingerprint density at radius 2 is 2.08 bits per heavy atom. The third-order valence-electron chi connectivity index (χ3n) is 5.15. The first-order chi connectivity index (χ1) is 12.2. The quantitative estimate of drug-likeness (QED) is 0.858. The van der Waals surface area contributed by atoms with Gasteiger partial charge >= 0.3 is 0 Å². The van der Waals surface area contributed by atoms with Crippen molar-refractivity contribution in [2.24, 2.45) is 0 Å². The molecule has 0 radical (unpaired) electrons. The van der Waals surface area contributed by atoms with E-state index in [1.165, 1.54) is 6.07 Å². The van der Waals surface area contributed by atoms with Gasteiger partial charge < -0.3 is 9.64 Å². The number of morpholine rings is 1. The summed E-state index contributed by atoms with van der Waals surface area (Å²) in [5, 5.41) is 0. The molecular weight excluding hydrogens is 317 g/mol. The maximum atomic E-state index is 13.6. The number of pyridine rings is 1. The van der Waals surface area contributed by atoms with Gasteiger partial charge in [-0.25, -0.2) is 4.39 Å². The average Bonchev–Trinajstić information content (AvgIpc) is 2.63. The monoisotopic (exact) mass is 341 g/mol. The Morgan fingerprint density at radius 1 is 1.12 bits per heavy atom. The van der Waals surface area contributed by atoms with Crippen molar-refractivity contribution >= 4 is 5.69 Å². The highest BCUT2D eigenvalue weighted by Gasteiger charge is 2.40. The van der Waals surface area contributed by atoms with Gasteiger partial charge in [-0.2, -0.15) is 0 Å². The summed E-state index contributed by atoms with van der Waals surface area (Å²) < 4.78 is 19.8. The van der Waals surface area contributed by atoms with Crippen LogP contribution in [0, 0.1) is 5.82 Å². The molecule has 2 saturated heterocycles. The number of aromatic nitrogens is 1. The minimum absolute atomic E-state index is 0.169. The van der Waals surface area contributed by atoms with Gasteiger partial charge in [0.25, 0.3) is 0 Å². The standard InChI is InChI=1S/C20H24FN3O/c21-17-5-3-7-19(13-17)24-10-4-8-20(16-24)15-23(11-12-25-20)14-18-6-1-2-9-22-18/h1-3,5-7,9,13H,4,8,10-12,14-16H2/t20-/m1/s1. The van der Waals surface area contributed by atoms with Gasteiger partial charge in [0.05, 0.1) is 17.9 Å². The van der Waals surface area contributed by atoms with Gasteiger partial charge in [0.2, 0.25) is 0 Å². The second-order valence-corrected chi connectivity index (χ2v) is 7.07. The van der Waals surface area contributed by atoms with Crippen molar-refractivity contribution in [1.29, 1.82) is 0 Å². The molecule has 2 fully saturated rings. The molecule has 0 unspecified atom stereocenters. The average molecular weight is 341 g/mol. The smallest absolute Gasteiger partial charge is 0.125 e. The zero-order valence-corrected chi connectivity index (χ0v) is 14.4. The molecule has 2 aromatic rings. The van der Waals surface area contributed by atoms with Crippen molar-refractivity contribution in [3.8, 4) is 0 Å². The van der Waals surface area contributed by atoms with Crippen LogP contribution in [0.2, 0.25) is 0 Å². The van der Waals surface area contributed by atoms with Crippen LogP contribution in [-0.2, 0) is 11.3 Å². The Kier molecular flexibility index (Phi) is 4.68. The van der Waals surface area contributed by atoms with Crippen LogP contribution in [0.4, 0.5) is 10.1 Å². The van der Waals surface area contributed by atoms with E-state index >= 15 is 0 Å². The second kappa shape index (κ2) is 7.10. The van der Waals surface area contributed by atoms with Crippen LogP contribution in [0.5, 0.6) is 0 Å². The summed E-state index contributed by atoms with van der Waals surface area (Å²) in [5.41, 5.74) is 1.87. The molecule has 0 amide bonds. The number of benzene rings is 1. The van der Waals surface area contributed by atoms with E-state index in [0.29, 0.717) is 0 Å². The molecule has 3 heterocycles. The highest BCUT2D eigenvalue weighted by Crippen LogP contribution is 2.32. The summed E-state index contributed by atoms with van der Waals surface area (Å²) in [6.45, 7) is 5.19. The SMILES string of the molecule is Fc1cccc(N2CCC[C@@]3(CN(Cc4ccccn4)CCO3)C2)c1. The molecule has 0 N–H and O–H groups in total. The lowest BCUT2D eigenvalue weighted by atomic mass is 9.90. The summed E-state index contributed by atoms with van der Waals surface area (Å²) in [6.07, 6.45) is 3.96. The number of anilines is 1. The van der Waals surface area contributed by atoms with E-state index in [2.05, 4.69) is 20.9 Å². The maximum absolute atomic E-state index is 13.6. The number of nitrogens with zero attached hydrogens (tertiary/aromatic N) is 3. The van der Waals surface area contributed by atoms with Crippen LogP contribution in [0.3, 0.4) is 0 Å². The molecule has 132 valence electrons. The summed E-state index contributed by atoms with van der Waals surface area (Å²) in [6, 6.07) is 12.9. The highest BCUT2D eigenvalue weighted by molar-refractivity contribution is 5.47. The fourth-order valence-corrected chi connectivity index (χ4v) is 4.02. The predicted octanol–water partition coefficient (Wildman–Crippen LogP) is 3.09. The molecule has 1 aromatic carbocycles. The first-order valence-electron chi connectivity index (χ1n) is 8.99. The number of ether oxygens (including phenoxy) is 1. The molecule has 1 spiro atoms. The van der Waals surface area contributed by atoms with E-state index in [9.17, 15) is 4.39 Å². The molecule has 5 heteroatoms. The summed E-state index contributed by atoms with van der Waals surface area (Å²) in [5.74, 6) is -0.182. The van der Waals surface area contributed by atoms with Crippen LogP contribution >= 0.6 is 0 Å². The molecule has 2 aliphatic rings. The highest BCUT2D eigenvalue weighted by atomic mass is 19.1. The molecular formula is C20H24FN3O. The number of hydrogen-bond acceptors (Lipinski definition) is 4. The van der Waals surface area contributed by atoms with E-state index in [0.717, 1.165) is 63.6 Å². The molecule has 4 nitrogen and oxygen atoms in total. The summed E-state index contributed by atoms with van der Waals surface area (Å²) >= 11 is 0. The largest absolute Gasteiger partial charge is 0.370 e. The maximum Gasteiger partial charge on any atom is 0.125 e. The predicted molar refractivity (Wildman–Crippen MR) is 96.0 cm³/mol. The van der Waals surface area contributed by atoms with Crippen molar-refractivity contribution < 1.29 is 9.13 Å². The van der Waals surface area contributed by atoms with E-state index in [1.54, 1.807) is 12.1 Å². The molecule has 4 rings (SSSR count). The van der Waals surface area contributed by atoms with E-state index in [-0.39, 0.29) is 11.4 Å². The van der Waals surface area contributed by atoms with Crippen LogP contribution in [0.15, 0.2) is 48.7 Å². The van der Waals surface area contributed by atoms with Gasteiger partial charge in [-0.15, -0.1) is 0 Å². The van der Waals surface area contributed by atoms with Crippen LogP contribution in [0.1, 0.15) is 18.5 Å². The Bertz CT molecular complexity index is 707. The zero-order valence-electron chi connectivity index (χ0n) is 14.4. The first-order valence-corrected chi connectivity index (χ1v) is 8.99. The van der Waals surface area contributed by atoms with Gasteiger partial charge in [-0.3, -0.25) is 9.88 Å². The Balaban J connectivity index is 1.46. The molecule has 0 aliphatic carbocycles. The fraction of sp³-hybridized carbons (Fsp3) is 0.450. The molecule has 0 saturated carbocycles. The van der Waals surface area contributed by atoms with Crippen LogP contribution < -0.4 is 4.90 Å². The van der Waals surface area contributed by atoms with Crippen molar-refractivity contribution in [3.05, 3.63) is 60.2 Å².